The number of aryl methyl sites for hydroxylation is 1. The van der Waals surface area contributed by atoms with Crippen molar-refractivity contribution in [3.63, 3.8) is 0 Å². The maximum atomic E-state index is 14.8. The van der Waals surface area contributed by atoms with Gasteiger partial charge in [-0.1, -0.05) is 17.7 Å². The van der Waals surface area contributed by atoms with Gasteiger partial charge in [0.1, 0.15) is 23.2 Å². The average molecular weight is 501 g/mol. The minimum absolute atomic E-state index is 0.144. The van der Waals surface area contributed by atoms with E-state index in [9.17, 15) is 18.0 Å². The van der Waals surface area contributed by atoms with E-state index in [-0.39, 0.29) is 17.9 Å². The molecule has 0 saturated carbocycles. The molecule has 1 amide bonds. The van der Waals surface area contributed by atoms with Crippen LogP contribution < -0.4 is 4.74 Å². The molecule has 0 aliphatic carbocycles. The van der Waals surface area contributed by atoms with Gasteiger partial charge in [0.2, 0.25) is 0 Å². The van der Waals surface area contributed by atoms with Gasteiger partial charge < -0.3 is 14.2 Å². The number of ether oxygens (including phenoxy) is 1. The normalized spacial score (nSPS) is 11.2. The lowest BCUT2D eigenvalue weighted by molar-refractivity contribution is 0.157. The summed E-state index contributed by atoms with van der Waals surface area (Å²) < 4.78 is 50.5. The molecule has 182 valence electrons. The predicted molar refractivity (Wildman–Crippen MR) is 131 cm³/mol. The van der Waals surface area contributed by atoms with Crippen LogP contribution in [-0.4, -0.2) is 28.6 Å². The van der Waals surface area contributed by atoms with Gasteiger partial charge in [0.05, 0.1) is 6.54 Å². The second-order valence-electron chi connectivity index (χ2n) is 8.17. The third-order valence-corrected chi connectivity index (χ3v) is 6.35. The minimum Gasteiger partial charge on any atom is -0.410 e. The smallest absolute Gasteiger partial charge is 0.410 e. The van der Waals surface area contributed by atoms with Gasteiger partial charge >= 0.3 is 6.09 Å². The molecule has 0 unspecified atom stereocenters. The Morgan fingerprint density at radius 1 is 1.00 bits per heavy atom. The van der Waals surface area contributed by atoms with Crippen molar-refractivity contribution >= 4 is 28.6 Å². The molecule has 4 rings (SSSR count). The van der Waals surface area contributed by atoms with Crippen molar-refractivity contribution in [3.05, 3.63) is 88.3 Å². The van der Waals surface area contributed by atoms with Crippen LogP contribution in [-0.2, 0) is 6.54 Å². The number of rotatable bonds is 6. The number of benzene rings is 3. The van der Waals surface area contributed by atoms with Crippen molar-refractivity contribution < 1.29 is 22.7 Å². The zero-order valence-corrected chi connectivity index (χ0v) is 20.3. The van der Waals surface area contributed by atoms with E-state index >= 15 is 0 Å². The number of halogens is 4. The highest BCUT2D eigenvalue weighted by Gasteiger charge is 2.21. The standard InChI is InChI=1S/C27H24ClF3N2O2/c1-4-32(5-2)27(34)35-24-9-8-23-20(25(24)17-12-18(29)14-19(30)13-17)10-11-33(23)15-21-22(28)7-6-16(3)26(21)31/h6-14H,4-5,15H2,1-3H3. The van der Waals surface area contributed by atoms with E-state index in [1.807, 2.05) is 13.8 Å². The monoisotopic (exact) mass is 500 g/mol. The van der Waals surface area contributed by atoms with Crippen LogP contribution in [0.15, 0.2) is 54.7 Å². The van der Waals surface area contributed by atoms with E-state index in [1.165, 1.54) is 17.0 Å². The Morgan fingerprint density at radius 3 is 2.34 bits per heavy atom. The topological polar surface area (TPSA) is 34.5 Å². The molecule has 8 heteroatoms. The Balaban J connectivity index is 1.88. The van der Waals surface area contributed by atoms with E-state index in [4.69, 9.17) is 16.3 Å². The van der Waals surface area contributed by atoms with Gasteiger partial charge in [-0.3, -0.25) is 0 Å². The average Bonchev–Trinajstić information content (AvgIpc) is 3.22. The van der Waals surface area contributed by atoms with E-state index in [1.54, 1.807) is 48.0 Å². The second kappa shape index (κ2) is 10.0. The summed E-state index contributed by atoms with van der Waals surface area (Å²) in [4.78, 5) is 14.2. The van der Waals surface area contributed by atoms with Crippen molar-refractivity contribution in [1.29, 1.82) is 0 Å². The molecule has 0 N–H and O–H groups in total. The van der Waals surface area contributed by atoms with Gasteiger partial charge in [0.15, 0.2) is 0 Å². The van der Waals surface area contributed by atoms with Gasteiger partial charge in [-0.05, 0) is 68.3 Å². The van der Waals surface area contributed by atoms with Crippen molar-refractivity contribution in [1.82, 2.24) is 9.47 Å². The Hall–Kier alpha value is -3.45. The first-order valence-electron chi connectivity index (χ1n) is 11.2. The van der Waals surface area contributed by atoms with Gasteiger partial charge in [0.25, 0.3) is 0 Å². The van der Waals surface area contributed by atoms with E-state index < -0.39 is 23.5 Å². The molecule has 0 aliphatic heterocycles. The lowest BCUT2D eigenvalue weighted by atomic mass is 10.00. The lowest BCUT2D eigenvalue weighted by Gasteiger charge is -2.20. The van der Waals surface area contributed by atoms with Crippen LogP contribution in [0.1, 0.15) is 25.0 Å². The number of fused-ring (bicyclic) bond motifs is 1. The number of nitrogens with zero attached hydrogens (tertiary/aromatic N) is 2. The summed E-state index contributed by atoms with van der Waals surface area (Å²) in [5.41, 5.74) is 2.04. The fourth-order valence-corrected chi connectivity index (χ4v) is 4.35. The summed E-state index contributed by atoms with van der Waals surface area (Å²) in [5, 5.41) is 0.885. The number of carbonyl (C=O) groups excluding carboxylic acids is 1. The first-order chi connectivity index (χ1) is 16.7. The fraction of sp³-hybridized carbons (Fsp3) is 0.222. The Morgan fingerprint density at radius 2 is 1.69 bits per heavy atom. The molecule has 35 heavy (non-hydrogen) atoms. The van der Waals surface area contributed by atoms with Gasteiger partial charge in [-0.2, -0.15) is 0 Å². The summed E-state index contributed by atoms with van der Waals surface area (Å²) >= 11 is 6.27. The van der Waals surface area contributed by atoms with Crippen molar-refractivity contribution in [3.8, 4) is 16.9 Å². The van der Waals surface area contributed by atoms with Crippen LogP contribution in [0.25, 0.3) is 22.0 Å². The number of hydrogen-bond donors (Lipinski definition) is 0. The summed E-state index contributed by atoms with van der Waals surface area (Å²) in [6, 6.07) is 11.4. The van der Waals surface area contributed by atoms with Gasteiger partial charge in [-0.15, -0.1) is 0 Å². The highest BCUT2D eigenvalue weighted by Crippen LogP contribution is 2.39. The molecule has 0 aliphatic rings. The highest BCUT2D eigenvalue weighted by molar-refractivity contribution is 6.31. The van der Waals surface area contributed by atoms with Crippen LogP contribution in [0.5, 0.6) is 5.75 Å². The molecular formula is C27H24ClF3N2O2. The minimum atomic E-state index is -0.758. The fourth-order valence-electron chi connectivity index (χ4n) is 4.14. The van der Waals surface area contributed by atoms with E-state index in [2.05, 4.69) is 0 Å². The van der Waals surface area contributed by atoms with Crippen LogP contribution >= 0.6 is 11.6 Å². The summed E-state index contributed by atoms with van der Waals surface area (Å²) in [7, 11) is 0. The van der Waals surface area contributed by atoms with Crippen molar-refractivity contribution in [2.45, 2.75) is 27.3 Å². The Kier molecular flexibility index (Phi) is 7.08. The zero-order chi connectivity index (χ0) is 25.3. The molecule has 1 aromatic heterocycles. The van der Waals surface area contributed by atoms with Gasteiger partial charge in [-0.25, -0.2) is 18.0 Å². The van der Waals surface area contributed by atoms with Crippen LogP contribution in [0, 0.1) is 24.4 Å². The molecule has 3 aromatic carbocycles. The molecule has 0 atom stereocenters. The first-order valence-corrected chi connectivity index (χ1v) is 11.6. The molecule has 0 fully saturated rings. The van der Waals surface area contributed by atoms with Gasteiger partial charge in [0, 0.05) is 52.4 Å². The molecular weight excluding hydrogens is 477 g/mol. The Bertz CT molecular complexity index is 1390. The molecule has 1 heterocycles. The Labute approximate surface area is 206 Å². The predicted octanol–water partition coefficient (Wildman–Crippen LogP) is 7.58. The van der Waals surface area contributed by atoms with Crippen LogP contribution in [0.2, 0.25) is 5.02 Å². The van der Waals surface area contributed by atoms with Crippen LogP contribution in [0.4, 0.5) is 18.0 Å². The maximum absolute atomic E-state index is 14.8. The van der Waals surface area contributed by atoms with E-state index in [0.717, 1.165) is 6.07 Å². The molecule has 0 saturated heterocycles. The highest BCUT2D eigenvalue weighted by atomic mass is 35.5. The van der Waals surface area contributed by atoms with Crippen molar-refractivity contribution in [2.75, 3.05) is 13.1 Å². The number of carbonyl (C=O) groups is 1. The number of amides is 1. The second-order valence-corrected chi connectivity index (χ2v) is 8.58. The summed E-state index contributed by atoms with van der Waals surface area (Å²) in [6.07, 6.45) is 1.17. The molecule has 0 bridgehead atoms. The van der Waals surface area contributed by atoms with Crippen molar-refractivity contribution in [2.24, 2.45) is 0 Å². The quantitative estimate of drug-likeness (QED) is 0.273. The SMILES string of the molecule is CCN(CC)C(=O)Oc1ccc2c(ccn2Cc2c(Cl)ccc(C)c2F)c1-c1cc(F)cc(F)c1. The summed E-state index contributed by atoms with van der Waals surface area (Å²) in [5.74, 6) is -1.74. The largest absolute Gasteiger partial charge is 0.415 e. The molecule has 4 nitrogen and oxygen atoms in total. The van der Waals surface area contributed by atoms with E-state index in [0.29, 0.717) is 45.7 Å². The zero-order valence-electron chi connectivity index (χ0n) is 19.5. The number of aromatic nitrogens is 1. The molecule has 0 radical (unpaired) electrons. The third kappa shape index (κ3) is 4.86. The lowest BCUT2D eigenvalue weighted by Crippen LogP contribution is -2.33. The first kappa shape index (κ1) is 24.7. The summed E-state index contributed by atoms with van der Waals surface area (Å²) in [6.45, 7) is 6.35. The third-order valence-electron chi connectivity index (χ3n) is 5.99. The van der Waals surface area contributed by atoms with Crippen LogP contribution in [0.3, 0.4) is 0 Å². The number of hydrogen-bond acceptors (Lipinski definition) is 2. The molecule has 4 aromatic rings. The maximum Gasteiger partial charge on any atom is 0.415 e. The molecule has 0 spiro atoms.